The number of aromatic nitrogens is 1. The van der Waals surface area contributed by atoms with Gasteiger partial charge in [0.2, 0.25) is 5.89 Å². The Morgan fingerprint density at radius 3 is 2.78 bits per heavy atom. The van der Waals surface area contributed by atoms with E-state index in [9.17, 15) is 4.39 Å². The molecule has 0 aliphatic rings. The number of oxazole rings is 1. The fourth-order valence-electron chi connectivity index (χ4n) is 1.60. The van der Waals surface area contributed by atoms with Crippen molar-refractivity contribution in [3.05, 3.63) is 51.9 Å². The number of hydrogen-bond donors (Lipinski definition) is 1. The molecule has 0 radical (unpaired) electrons. The molecule has 0 aliphatic heterocycles. The zero-order valence-electron chi connectivity index (χ0n) is 10.3. The minimum Gasteiger partial charge on any atom is -0.444 e. The second kappa shape index (κ2) is 5.50. The molecule has 0 atom stereocenters. The Morgan fingerprint density at radius 2 is 2.11 bits per heavy atom. The molecular formula is C13H14ClFN2O. The van der Waals surface area contributed by atoms with Crippen LogP contribution in [-0.4, -0.2) is 4.98 Å². The highest BCUT2D eigenvalue weighted by atomic mass is 35.5. The molecule has 1 heterocycles. The molecule has 5 heteroatoms. The summed E-state index contributed by atoms with van der Waals surface area (Å²) in [4.78, 5) is 4.23. The van der Waals surface area contributed by atoms with Crippen LogP contribution in [0.25, 0.3) is 0 Å². The molecule has 3 nitrogen and oxygen atoms in total. The van der Waals surface area contributed by atoms with Crippen LogP contribution in [0.4, 0.5) is 4.39 Å². The lowest BCUT2D eigenvalue weighted by molar-refractivity contribution is 0.446. The highest BCUT2D eigenvalue weighted by Gasteiger charge is 2.06. The Kier molecular flexibility index (Phi) is 3.99. The molecule has 0 aliphatic carbocycles. The molecule has 0 amide bonds. The minimum atomic E-state index is -0.272. The van der Waals surface area contributed by atoms with E-state index in [0.717, 1.165) is 11.5 Å². The van der Waals surface area contributed by atoms with Crippen molar-refractivity contribution in [2.24, 2.45) is 0 Å². The number of benzene rings is 1. The summed E-state index contributed by atoms with van der Waals surface area (Å²) in [7, 11) is 0. The van der Waals surface area contributed by atoms with Gasteiger partial charge in [0.1, 0.15) is 11.6 Å². The average Bonchev–Trinajstić information content (AvgIpc) is 2.63. The van der Waals surface area contributed by atoms with E-state index in [4.69, 9.17) is 16.0 Å². The van der Waals surface area contributed by atoms with E-state index in [-0.39, 0.29) is 5.82 Å². The lowest BCUT2D eigenvalue weighted by Gasteiger charge is -2.04. The maximum Gasteiger partial charge on any atom is 0.208 e. The first-order valence-electron chi connectivity index (χ1n) is 5.64. The van der Waals surface area contributed by atoms with Crippen molar-refractivity contribution >= 4 is 11.6 Å². The van der Waals surface area contributed by atoms with E-state index < -0.39 is 0 Å². The van der Waals surface area contributed by atoms with Gasteiger partial charge < -0.3 is 9.73 Å². The number of nitrogens with one attached hydrogen (secondary N) is 1. The van der Waals surface area contributed by atoms with Gasteiger partial charge in [-0.1, -0.05) is 11.6 Å². The zero-order valence-corrected chi connectivity index (χ0v) is 11.0. The predicted molar refractivity (Wildman–Crippen MR) is 67.9 cm³/mol. The Hall–Kier alpha value is -1.39. The van der Waals surface area contributed by atoms with Crippen molar-refractivity contribution < 1.29 is 8.81 Å². The molecule has 1 aromatic carbocycles. The Labute approximate surface area is 110 Å². The van der Waals surface area contributed by atoms with Crippen LogP contribution in [0.5, 0.6) is 0 Å². The van der Waals surface area contributed by atoms with Gasteiger partial charge >= 0.3 is 0 Å². The van der Waals surface area contributed by atoms with Crippen molar-refractivity contribution in [2.45, 2.75) is 26.9 Å². The molecule has 0 bridgehead atoms. The van der Waals surface area contributed by atoms with Gasteiger partial charge in [-0.3, -0.25) is 0 Å². The number of rotatable bonds is 4. The van der Waals surface area contributed by atoms with E-state index in [1.807, 2.05) is 13.8 Å². The number of nitrogens with zero attached hydrogens (tertiary/aromatic N) is 1. The molecule has 2 rings (SSSR count). The molecule has 18 heavy (non-hydrogen) atoms. The first-order valence-corrected chi connectivity index (χ1v) is 6.01. The Balaban J connectivity index is 1.94. The van der Waals surface area contributed by atoms with Gasteiger partial charge in [0, 0.05) is 17.1 Å². The maximum atomic E-state index is 13.4. The third-order valence-electron chi connectivity index (χ3n) is 2.67. The Morgan fingerprint density at radius 1 is 1.33 bits per heavy atom. The van der Waals surface area contributed by atoms with Crippen LogP contribution < -0.4 is 5.32 Å². The zero-order chi connectivity index (χ0) is 13.1. The van der Waals surface area contributed by atoms with Crippen LogP contribution in [0.15, 0.2) is 22.6 Å². The van der Waals surface area contributed by atoms with Gasteiger partial charge in [-0.15, -0.1) is 0 Å². The third-order valence-corrected chi connectivity index (χ3v) is 2.91. The van der Waals surface area contributed by atoms with Crippen molar-refractivity contribution in [1.29, 1.82) is 0 Å². The monoisotopic (exact) mass is 268 g/mol. The molecule has 0 unspecified atom stereocenters. The van der Waals surface area contributed by atoms with Crippen LogP contribution in [0, 0.1) is 19.7 Å². The van der Waals surface area contributed by atoms with E-state index in [0.29, 0.717) is 29.6 Å². The highest BCUT2D eigenvalue weighted by molar-refractivity contribution is 6.30. The maximum absolute atomic E-state index is 13.4. The van der Waals surface area contributed by atoms with Gasteiger partial charge in [-0.25, -0.2) is 9.37 Å². The first kappa shape index (κ1) is 13.1. The van der Waals surface area contributed by atoms with Crippen LogP contribution in [0.3, 0.4) is 0 Å². The number of halogens is 2. The summed E-state index contributed by atoms with van der Waals surface area (Å²) in [5, 5.41) is 3.60. The average molecular weight is 269 g/mol. The second-order valence-electron chi connectivity index (χ2n) is 4.09. The molecule has 0 fully saturated rings. The van der Waals surface area contributed by atoms with Crippen LogP contribution in [0.1, 0.15) is 22.9 Å². The predicted octanol–water partition coefficient (Wildman–Crippen LogP) is 3.37. The van der Waals surface area contributed by atoms with Gasteiger partial charge in [0.05, 0.1) is 12.2 Å². The van der Waals surface area contributed by atoms with E-state index in [2.05, 4.69) is 10.3 Å². The van der Waals surface area contributed by atoms with Crippen LogP contribution >= 0.6 is 11.6 Å². The second-order valence-corrected chi connectivity index (χ2v) is 4.52. The van der Waals surface area contributed by atoms with Crippen molar-refractivity contribution in [2.75, 3.05) is 0 Å². The molecule has 0 spiro atoms. The normalized spacial score (nSPS) is 10.9. The highest BCUT2D eigenvalue weighted by Crippen LogP contribution is 2.15. The molecule has 1 aromatic heterocycles. The molecule has 0 saturated heterocycles. The van der Waals surface area contributed by atoms with E-state index in [1.54, 1.807) is 6.07 Å². The summed E-state index contributed by atoms with van der Waals surface area (Å²) >= 11 is 5.81. The standard InChI is InChI=1S/C13H14ClFN2O/c1-8-9(2)18-13(17-8)7-16-6-10-5-11(14)3-4-12(10)15/h3-5,16H,6-7H2,1-2H3. The summed E-state index contributed by atoms with van der Waals surface area (Å²) in [5.74, 6) is 1.14. The quantitative estimate of drug-likeness (QED) is 0.924. The molecule has 0 saturated carbocycles. The summed E-state index contributed by atoms with van der Waals surface area (Å²) < 4.78 is 18.8. The number of aryl methyl sites for hydroxylation is 2. The fraction of sp³-hybridized carbons (Fsp3) is 0.308. The lowest BCUT2D eigenvalue weighted by atomic mass is 10.2. The van der Waals surface area contributed by atoms with Gasteiger partial charge in [0.15, 0.2) is 0 Å². The van der Waals surface area contributed by atoms with Crippen molar-refractivity contribution in [1.82, 2.24) is 10.3 Å². The van der Waals surface area contributed by atoms with Crippen LogP contribution in [0.2, 0.25) is 5.02 Å². The lowest BCUT2D eigenvalue weighted by Crippen LogP contribution is -2.14. The third kappa shape index (κ3) is 3.09. The van der Waals surface area contributed by atoms with Crippen molar-refractivity contribution in [3.63, 3.8) is 0 Å². The van der Waals surface area contributed by atoms with Crippen LogP contribution in [-0.2, 0) is 13.1 Å². The van der Waals surface area contributed by atoms with E-state index >= 15 is 0 Å². The van der Waals surface area contributed by atoms with Gasteiger partial charge in [0.25, 0.3) is 0 Å². The summed E-state index contributed by atoms with van der Waals surface area (Å²) in [6.45, 7) is 4.59. The Bertz CT molecular complexity index is 534. The molecule has 1 N–H and O–H groups in total. The largest absolute Gasteiger partial charge is 0.444 e. The summed E-state index contributed by atoms with van der Waals surface area (Å²) in [6, 6.07) is 4.50. The minimum absolute atomic E-state index is 0.272. The first-order chi connectivity index (χ1) is 8.56. The van der Waals surface area contributed by atoms with E-state index in [1.165, 1.54) is 12.1 Å². The smallest absolute Gasteiger partial charge is 0.208 e. The molecule has 96 valence electrons. The topological polar surface area (TPSA) is 38.1 Å². The number of hydrogen-bond acceptors (Lipinski definition) is 3. The SMILES string of the molecule is Cc1nc(CNCc2cc(Cl)ccc2F)oc1C. The van der Waals surface area contributed by atoms with Gasteiger partial charge in [-0.05, 0) is 32.0 Å². The summed E-state index contributed by atoms with van der Waals surface area (Å²) in [6.07, 6.45) is 0. The van der Waals surface area contributed by atoms with Crippen molar-refractivity contribution in [3.8, 4) is 0 Å². The fourth-order valence-corrected chi connectivity index (χ4v) is 1.79. The molecular weight excluding hydrogens is 255 g/mol. The summed E-state index contributed by atoms with van der Waals surface area (Å²) in [5.41, 5.74) is 1.41. The van der Waals surface area contributed by atoms with Gasteiger partial charge in [-0.2, -0.15) is 0 Å². The molecule has 2 aromatic rings.